The predicted octanol–water partition coefficient (Wildman–Crippen LogP) is 6.43. The van der Waals surface area contributed by atoms with Crippen LogP contribution in [0.15, 0.2) is 72.8 Å². The summed E-state index contributed by atoms with van der Waals surface area (Å²) in [7, 11) is 0. The van der Waals surface area contributed by atoms with E-state index in [1.807, 2.05) is 44.2 Å². The Labute approximate surface area is 219 Å². The molecule has 0 aliphatic rings. The highest BCUT2D eigenvalue weighted by Gasteiger charge is 2.52. The Morgan fingerprint density at radius 1 is 0.842 bits per heavy atom. The van der Waals surface area contributed by atoms with Gasteiger partial charge in [0.25, 0.3) is 0 Å². The summed E-state index contributed by atoms with van der Waals surface area (Å²) in [5, 5.41) is 0. The normalized spacial score (nSPS) is 13.7. The highest BCUT2D eigenvalue weighted by atomic mass is 19.4. The average Bonchev–Trinajstić information content (AvgIpc) is 2.88. The quantitative estimate of drug-likeness (QED) is 0.282. The number of hydrogen-bond acceptors (Lipinski definition) is 6. The van der Waals surface area contributed by atoms with Gasteiger partial charge in [0.2, 0.25) is 5.60 Å². The van der Waals surface area contributed by atoms with Gasteiger partial charge in [0.15, 0.2) is 6.10 Å². The third kappa shape index (κ3) is 7.06. The second-order valence-electron chi connectivity index (χ2n) is 8.80. The molecule has 202 valence electrons. The molecule has 0 aromatic heterocycles. The Morgan fingerprint density at radius 2 is 1.47 bits per heavy atom. The molecule has 2 unspecified atom stereocenters. The summed E-state index contributed by atoms with van der Waals surface area (Å²) in [6, 6.07) is 20.2. The first-order valence-electron chi connectivity index (χ1n) is 11.9. The topological polar surface area (TPSA) is 71.1 Å². The van der Waals surface area contributed by atoms with E-state index < -0.39 is 29.8 Å². The van der Waals surface area contributed by atoms with Gasteiger partial charge in [-0.3, -0.25) is 0 Å². The number of benzene rings is 3. The summed E-state index contributed by atoms with van der Waals surface area (Å²) >= 11 is 0. The lowest BCUT2D eigenvalue weighted by Gasteiger charge is -2.35. The fraction of sp³-hybridized carbons (Fsp3) is 0.310. The number of rotatable bonds is 10. The van der Waals surface area contributed by atoms with Crippen LogP contribution in [-0.4, -0.2) is 30.3 Å². The molecule has 0 N–H and O–H groups in total. The molecule has 3 aromatic carbocycles. The second-order valence-corrected chi connectivity index (χ2v) is 8.80. The van der Waals surface area contributed by atoms with Gasteiger partial charge in [-0.2, -0.15) is 13.2 Å². The van der Waals surface area contributed by atoms with Crippen LogP contribution in [0.1, 0.15) is 42.2 Å². The maximum atomic E-state index is 13.3. The Balaban J connectivity index is 1.99. The molecule has 0 fully saturated rings. The zero-order valence-electron chi connectivity index (χ0n) is 21.5. The van der Waals surface area contributed by atoms with Crippen molar-refractivity contribution >= 4 is 11.9 Å². The van der Waals surface area contributed by atoms with Crippen molar-refractivity contribution in [2.24, 2.45) is 0 Å². The molecule has 3 aromatic rings. The van der Waals surface area contributed by atoms with Crippen LogP contribution < -0.4 is 9.47 Å². The van der Waals surface area contributed by atoms with Crippen LogP contribution in [0, 0.1) is 13.8 Å². The molecule has 0 saturated carbocycles. The molecule has 38 heavy (non-hydrogen) atoms. The molecule has 0 aliphatic carbocycles. The van der Waals surface area contributed by atoms with Gasteiger partial charge < -0.3 is 18.9 Å². The van der Waals surface area contributed by atoms with Crippen molar-refractivity contribution in [1.82, 2.24) is 0 Å². The summed E-state index contributed by atoms with van der Waals surface area (Å²) in [5.74, 6) is -2.85. The van der Waals surface area contributed by atoms with Gasteiger partial charge in [-0.25, -0.2) is 9.59 Å². The van der Waals surface area contributed by atoms with Crippen molar-refractivity contribution in [1.29, 1.82) is 0 Å². The molecule has 3 rings (SSSR count). The number of hydrogen-bond donors (Lipinski definition) is 0. The van der Waals surface area contributed by atoms with Gasteiger partial charge in [0.05, 0.1) is 6.61 Å². The minimum Gasteiger partial charge on any atom is -0.489 e. The SMILES string of the molecule is CCOC(=O)C(C)(Oc1ccc(C)c(C)c1)C(OC(=O)C(F)(F)F)c1ccc(OCc2ccccc2)cc1. The number of ether oxygens (including phenoxy) is 4. The van der Waals surface area contributed by atoms with E-state index in [0.717, 1.165) is 16.7 Å². The lowest BCUT2D eigenvalue weighted by Crippen LogP contribution is -2.50. The van der Waals surface area contributed by atoms with Gasteiger partial charge in [-0.05, 0) is 74.2 Å². The van der Waals surface area contributed by atoms with Crippen molar-refractivity contribution < 1.29 is 41.7 Å². The molecule has 6 nitrogen and oxygen atoms in total. The van der Waals surface area contributed by atoms with E-state index in [9.17, 15) is 22.8 Å². The van der Waals surface area contributed by atoms with Crippen LogP contribution in [0.2, 0.25) is 0 Å². The minimum atomic E-state index is -5.30. The van der Waals surface area contributed by atoms with E-state index in [0.29, 0.717) is 5.75 Å². The van der Waals surface area contributed by atoms with E-state index in [-0.39, 0.29) is 24.5 Å². The summed E-state index contributed by atoms with van der Waals surface area (Å²) < 4.78 is 61.5. The third-order valence-electron chi connectivity index (χ3n) is 5.88. The largest absolute Gasteiger partial charge is 0.490 e. The first-order chi connectivity index (χ1) is 17.9. The monoisotopic (exact) mass is 530 g/mol. The second kappa shape index (κ2) is 12.0. The third-order valence-corrected chi connectivity index (χ3v) is 5.88. The van der Waals surface area contributed by atoms with Gasteiger partial charge in [0.1, 0.15) is 18.1 Å². The summed E-state index contributed by atoms with van der Waals surface area (Å²) in [6.45, 7) is 6.66. The molecular weight excluding hydrogens is 501 g/mol. The zero-order chi connectivity index (χ0) is 27.9. The van der Waals surface area contributed by atoms with Crippen LogP contribution in [0.25, 0.3) is 0 Å². The number of carbonyl (C=O) groups excluding carboxylic acids is 2. The number of halogens is 3. The van der Waals surface area contributed by atoms with Gasteiger partial charge in [-0.1, -0.05) is 48.5 Å². The Hall–Kier alpha value is -4.01. The van der Waals surface area contributed by atoms with E-state index in [1.165, 1.54) is 31.2 Å². The average molecular weight is 531 g/mol. The summed E-state index contributed by atoms with van der Waals surface area (Å²) in [5.41, 5.74) is 0.614. The fourth-order valence-corrected chi connectivity index (χ4v) is 3.65. The fourth-order valence-electron chi connectivity index (χ4n) is 3.65. The van der Waals surface area contributed by atoms with E-state index in [4.69, 9.17) is 18.9 Å². The molecule has 0 aliphatic heterocycles. The molecule has 0 heterocycles. The highest BCUT2D eigenvalue weighted by molar-refractivity contribution is 5.82. The van der Waals surface area contributed by atoms with Crippen LogP contribution >= 0.6 is 0 Å². The van der Waals surface area contributed by atoms with Crippen molar-refractivity contribution in [3.63, 3.8) is 0 Å². The van der Waals surface area contributed by atoms with Crippen LogP contribution in [0.3, 0.4) is 0 Å². The van der Waals surface area contributed by atoms with Crippen LogP contribution in [-0.2, 0) is 25.7 Å². The Kier molecular flexibility index (Phi) is 9.04. The van der Waals surface area contributed by atoms with E-state index >= 15 is 0 Å². The molecule has 0 saturated heterocycles. The number of aryl methyl sites for hydroxylation is 2. The molecule has 0 radical (unpaired) electrons. The minimum absolute atomic E-state index is 0.0725. The Morgan fingerprint density at radius 3 is 2.05 bits per heavy atom. The Bertz CT molecular complexity index is 1240. The maximum absolute atomic E-state index is 13.3. The lowest BCUT2D eigenvalue weighted by atomic mass is 9.91. The molecule has 0 amide bonds. The van der Waals surface area contributed by atoms with Crippen molar-refractivity contribution in [3.8, 4) is 11.5 Å². The highest BCUT2D eigenvalue weighted by Crippen LogP contribution is 2.38. The molecule has 2 atom stereocenters. The van der Waals surface area contributed by atoms with Crippen molar-refractivity contribution in [2.45, 2.75) is 52.2 Å². The van der Waals surface area contributed by atoms with Crippen molar-refractivity contribution in [2.75, 3.05) is 6.61 Å². The molecule has 9 heteroatoms. The van der Waals surface area contributed by atoms with E-state index in [1.54, 1.807) is 25.1 Å². The zero-order valence-corrected chi connectivity index (χ0v) is 21.5. The summed E-state index contributed by atoms with van der Waals surface area (Å²) in [6.07, 6.45) is -7.10. The van der Waals surface area contributed by atoms with Crippen LogP contribution in [0.4, 0.5) is 13.2 Å². The maximum Gasteiger partial charge on any atom is 0.490 e. The van der Waals surface area contributed by atoms with Crippen LogP contribution in [0.5, 0.6) is 11.5 Å². The molecule has 0 spiro atoms. The molecular formula is C29H29F3O6. The number of carbonyl (C=O) groups is 2. The summed E-state index contributed by atoms with van der Waals surface area (Å²) in [4.78, 5) is 25.1. The van der Waals surface area contributed by atoms with Gasteiger partial charge in [0, 0.05) is 0 Å². The lowest BCUT2D eigenvalue weighted by molar-refractivity contribution is -0.216. The first-order valence-corrected chi connectivity index (χ1v) is 11.9. The number of alkyl halides is 3. The van der Waals surface area contributed by atoms with Gasteiger partial charge in [-0.15, -0.1) is 0 Å². The van der Waals surface area contributed by atoms with E-state index in [2.05, 4.69) is 0 Å². The number of esters is 2. The van der Waals surface area contributed by atoms with Gasteiger partial charge >= 0.3 is 18.1 Å². The molecule has 0 bridgehead atoms. The standard InChI is InChI=1S/C29H29F3O6/c1-5-35-26(33)28(4,38-24-14-11-19(2)20(3)17-24)25(37-27(34)29(30,31)32)22-12-15-23(16-13-22)36-18-21-9-7-6-8-10-21/h6-17,25H,5,18H2,1-4H3. The smallest absolute Gasteiger partial charge is 0.489 e. The predicted molar refractivity (Wildman–Crippen MR) is 134 cm³/mol. The van der Waals surface area contributed by atoms with Crippen molar-refractivity contribution in [3.05, 3.63) is 95.1 Å². The first kappa shape index (κ1) is 28.6.